The molecule has 0 spiro atoms. The first-order chi connectivity index (χ1) is 26.7. The first kappa shape index (κ1) is 30.3. The quantitative estimate of drug-likeness (QED) is 0.180. The van der Waals surface area contributed by atoms with Crippen LogP contribution in [0.3, 0.4) is 0 Å². The molecule has 11 rings (SSSR count). The van der Waals surface area contributed by atoms with E-state index in [1.165, 1.54) is 0 Å². The molecule has 0 unspecified atom stereocenters. The van der Waals surface area contributed by atoms with Crippen LogP contribution >= 0.6 is 0 Å². The Morgan fingerprint density at radius 3 is 1.63 bits per heavy atom. The van der Waals surface area contributed by atoms with Crippen molar-refractivity contribution in [2.75, 3.05) is 0 Å². The Balaban J connectivity index is 1.10. The average Bonchev–Trinajstić information content (AvgIpc) is 3.81. The van der Waals surface area contributed by atoms with E-state index in [0.717, 1.165) is 93.6 Å². The lowest BCUT2D eigenvalue weighted by atomic mass is 9.95. The highest BCUT2D eigenvalue weighted by atomic mass is 16.3. The van der Waals surface area contributed by atoms with Crippen molar-refractivity contribution in [3.05, 3.63) is 176 Å². The molecular weight excluding hydrogens is 663 g/mol. The minimum atomic E-state index is 0.590. The van der Waals surface area contributed by atoms with Crippen molar-refractivity contribution < 1.29 is 8.83 Å². The van der Waals surface area contributed by atoms with Crippen molar-refractivity contribution in [1.82, 2.24) is 15.0 Å². The summed E-state index contributed by atoms with van der Waals surface area (Å²) in [5.74, 6) is 1.83. The molecule has 252 valence electrons. The fraction of sp³-hybridized carbons (Fsp3) is 0. The Hall–Kier alpha value is -7.37. The molecule has 0 atom stereocenters. The first-order valence-electron chi connectivity index (χ1n) is 18.0. The zero-order valence-corrected chi connectivity index (χ0v) is 28.9. The molecular formula is C49H29N3O2. The van der Waals surface area contributed by atoms with Gasteiger partial charge in [-0.3, -0.25) is 0 Å². The molecule has 0 saturated carbocycles. The summed E-state index contributed by atoms with van der Waals surface area (Å²) in [6, 6.07) is 60.5. The predicted molar refractivity (Wildman–Crippen MR) is 219 cm³/mol. The second-order valence-corrected chi connectivity index (χ2v) is 13.6. The number of fused-ring (bicyclic) bond motifs is 7. The fourth-order valence-electron chi connectivity index (χ4n) is 7.66. The van der Waals surface area contributed by atoms with Gasteiger partial charge in [0.15, 0.2) is 17.5 Å². The molecule has 0 aliphatic rings. The Labute approximate surface area is 309 Å². The Morgan fingerprint density at radius 2 is 0.889 bits per heavy atom. The Kier molecular flexibility index (Phi) is 6.79. The molecule has 11 aromatic rings. The van der Waals surface area contributed by atoms with Crippen LogP contribution in [0.1, 0.15) is 0 Å². The van der Waals surface area contributed by atoms with Crippen LogP contribution in [-0.4, -0.2) is 15.0 Å². The van der Waals surface area contributed by atoms with Gasteiger partial charge in [0, 0.05) is 43.8 Å². The maximum atomic E-state index is 6.85. The molecule has 0 bridgehead atoms. The van der Waals surface area contributed by atoms with E-state index in [4.69, 9.17) is 23.8 Å². The summed E-state index contributed by atoms with van der Waals surface area (Å²) in [4.78, 5) is 15.2. The van der Waals surface area contributed by atoms with Crippen LogP contribution in [0.4, 0.5) is 0 Å². The molecule has 54 heavy (non-hydrogen) atoms. The highest BCUT2D eigenvalue weighted by Crippen LogP contribution is 2.43. The molecule has 0 aliphatic heterocycles. The third-order valence-corrected chi connectivity index (χ3v) is 10.3. The minimum absolute atomic E-state index is 0.590. The van der Waals surface area contributed by atoms with Crippen LogP contribution in [0.15, 0.2) is 185 Å². The van der Waals surface area contributed by atoms with Crippen LogP contribution in [-0.2, 0) is 0 Å². The van der Waals surface area contributed by atoms with E-state index < -0.39 is 0 Å². The van der Waals surface area contributed by atoms with Gasteiger partial charge in [0.25, 0.3) is 0 Å². The Morgan fingerprint density at radius 1 is 0.315 bits per heavy atom. The number of nitrogens with zero attached hydrogens (tertiary/aromatic N) is 3. The second kappa shape index (κ2) is 12.1. The van der Waals surface area contributed by atoms with Crippen LogP contribution in [0.25, 0.3) is 111 Å². The summed E-state index contributed by atoms with van der Waals surface area (Å²) in [6.07, 6.45) is 0. The number of para-hydroxylation sites is 1. The third-order valence-electron chi connectivity index (χ3n) is 10.3. The van der Waals surface area contributed by atoms with Gasteiger partial charge in [-0.2, -0.15) is 0 Å². The van der Waals surface area contributed by atoms with E-state index in [2.05, 4.69) is 103 Å². The Bertz CT molecular complexity index is 3140. The van der Waals surface area contributed by atoms with E-state index in [0.29, 0.717) is 17.5 Å². The maximum absolute atomic E-state index is 6.85. The van der Waals surface area contributed by atoms with E-state index in [-0.39, 0.29) is 0 Å². The average molecular weight is 692 g/mol. The van der Waals surface area contributed by atoms with Crippen molar-refractivity contribution in [2.24, 2.45) is 0 Å². The molecule has 0 N–H and O–H groups in total. The van der Waals surface area contributed by atoms with Crippen LogP contribution < -0.4 is 0 Å². The third kappa shape index (κ3) is 4.98. The zero-order valence-electron chi connectivity index (χ0n) is 28.9. The van der Waals surface area contributed by atoms with Gasteiger partial charge >= 0.3 is 0 Å². The number of hydrogen-bond acceptors (Lipinski definition) is 5. The smallest absolute Gasteiger partial charge is 0.164 e. The summed E-state index contributed by atoms with van der Waals surface area (Å²) in [6.45, 7) is 0. The van der Waals surface area contributed by atoms with Gasteiger partial charge in [-0.1, -0.05) is 133 Å². The molecule has 3 heterocycles. The zero-order chi connectivity index (χ0) is 35.6. The van der Waals surface area contributed by atoms with Crippen molar-refractivity contribution in [2.45, 2.75) is 0 Å². The molecule has 0 aliphatic carbocycles. The van der Waals surface area contributed by atoms with Crippen molar-refractivity contribution in [1.29, 1.82) is 0 Å². The molecule has 8 aromatic carbocycles. The van der Waals surface area contributed by atoms with Crippen LogP contribution in [0.2, 0.25) is 0 Å². The minimum Gasteiger partial charge on any atom is -0.456 e. The van der Waals surface area contributed by atoms with Gasteiger partial charge in [-0.05, 0) is 69.9 Å². The van der Waals surface area contributed by atoms with Gasteiger partial charge in [-0.15, -0.1) is 0 Å². The summed E-state index contributed by atoms with van der Waals surface area (Å²) < 4.78 is 12.9. The van der Waals surface area contributed by atoms with E-state index in [9.17, 15) is 0 Å². The summed E-state index contributed by atoms with van der Waals surface area (Å²) >= 11 is 0. The molecule has 0 saturated heterocycles. The van der Waals surface area contributed by atoms with E-state index in [1.54, 1.807) is 0 Å². The standard InChI is InChI=1S/C49H29N3O2/c1-3-11-32(12-4-1)47-50-48(33-13-5-2-6-14-33)52-49(51-47)39-25-24-37(46-45(39)41-28-34-15-7-8-16-35(34)29-44(41)54-46)31-21-19-30(20-22-31)36-23-26-43-40(27-36)38-17-9-10-18-42(38)53-43/h1-29H. The molecule has 0 radical (unpaired) electrons. The van der Waals surface area contributed by atoms with Crippen LogP contribution in [0, 0.1) is 0 Å². The summed E-state index contributed by atoms with van der Waals surface area (Å²) in [5.41, 5.74) is 10.4. The predicted octanol–water partition coefficient (Wildman–Crippen LogP) is 13.2. The van der Waals surface area contributed by atoms with Crippen molar-refractivity contribution in [3.63, 3.8) is 0 Å². The molecule has 0 amide bonds. The van der Waals surface area contributed by atoms with Gasteiger partial charge in [0.2, 0.25) is 0 Å². The molecule has 0 fully saturated rings. The number of furan rings is 2. The largest absolute Gasteiger partial charge is 0.456 e. The topological polar surface area (TPSA) is 65.0 Å². The summed E-state index contributed by atoms with van der Waals surface area (Å²) in [7, 11) is 0. The van der Waals surface area contributed by atoms with Gasteiger partial charge in [0.1, 0.15) is 22.3 Å². The highest BCUT2D eigenvalue weighted by molar-refractivity contribution is 6.18. The first-order valence-corrected chi connectivity index (χ1v) is 18.0. The van der Waals surface area contributed by atoms with Crippen molar-refractivity contribution in [3.8, 4) is 56.4 Å². The maximum Gasteiger partial charge on any atom is 0.164 e. The number of aromatic nitrogens is 3. The lowest BCUT2D eigenvalue weighted by Gasteiger charge is -2.11. The monoisotopic (exact) mass is 691 g/mol. The second-order valence-electron chi connectivity index (χ2n) is 13.6. The van der Waals surface area contributed by atoms with E-state index in [1.807, 2.05) is 72.8 Å². The van der Waals surface area contributed by atoms with Crippen LogP contribution in [0.5, 0.6) is 0 Å². The number of rotatable bonds is 5. The normalized spacial score (nSPS) is 11.7. The SMILES string of the molecule is c1ccc(-c2nc(-c3ccccc3)nc(-c3ccc(-c4ccc(-c5ccc6oc7ccccc7c6c5)cc4)c4oc5cc6ccccc6cc5c34)n2)cc1. The summed E-state index contributed by atoms with van der Waals surface area (Å²) in [5, 5.41) is 6.48. The van der Waals surface area contributed by atoms with E-state index >= 15 is 0 Å². The molecule has 5 nitrogen and oxygen atoms in total. The lowest BCUT2D eigenvalue weighted by molar-refractivity contribution is 0.669. The fourth-order valence-corrected chi connectivity index (χ4v) is 7.66. The van der Waals surface area contributed by atoms with Crippen molar-refractivity contribution >= 4 is 54.6 Å². The molecule has 5 heteroatoms. The highest BCUT2D eigenvalue weighted by Gasteiger charge is 2.21. The lowest BCUT2D eigenvalue weighted by Crippen LogP contribution is -2.00. The van der Waals surface area contributed by atoms with Gasteiger partial charge in [0.05, 0.1) is 0 Å². The number of benzene rings is 8. The molecule has 3 aromatic heterocycles. The van der Waals surface area contributed by atoms with Gasteiger partial charge < -0.3 is 8.83 Å². The van der Waals surface area contributed by atoms with Gasteiger partial charge in [-0.25, -0.2) is 15.0 Å². The number of hydrogen-bond donors (Lipinski definition) is 0.